The van der Waals surface area contributed by atoms with Gasteiger partial charge in [0.15, 0.2) is 0 Å². The Bertz CT molecular complexity index is 1070. The van der Waals surface area contributed by atoms with Crippen LogP contribution in [0.1, 0.15) is 16.9 Å². The fraction of sp³-hybridized carbons (Fsp3) is 0.150. The van der Waals surface area contributed by atoms with Crippen LogP contribution in [0.3, 0.4) is 0 Å². The highest BCUT2D eigenvalue weighted by molar-refractivity contribution is 7.89. The molecule has 6 nitrogen and oxygen atoms in total. The van der Waals surface area contributed by atoms with E-state index in [2.05, 4.69) is 4.72 Å². The molecule has 27 heavy (non-hydrogen) atoms. The van der Waals surface area contributed by atoms with Crippen LogP contribution in [0.5, 0.6) is 5.75 Å². The number of hydrogen-bond acceptors (Lipinski definition) is 5. The highest BCUT2D eigenvalue weighted by Gasteiger charge is 2.15. The second kappa shape index (κ2) is 8.20. The Morgan fingerprint density at radius 3 is 2.52 bits per heavy atom. The van der Waals surface area contributed by atoms with Crippen molar-refractivity contribution < 1.29 is 17.6 Å². The Balaban J connectivity index is 1.64. The van der Waals surface area contributed by atoms with E-state index in [1.807, 2.05) is 43.3 Å². The van der Waals surface area contributed by atoms with Gasteiger partial charge in [0.25, 0.3) is 0 Å². The van der Waals surface area contributed by atoms with Gasteiger partial charge in [-0.1, -0.05) is 42.5 Å². The van der Waals surface area contributed by atoms with Gasteiger partial charge in [-0.25, -0.2) is 13.1 Å². The van der Waals surface area contributed by atoms with Crippen LogP contribution in [-0.4, -0.2) is 8.42 Å². The minimum Gasteiger partial charge on any atom is -0.482 e. The minimum atomic E-state index is -3.69. The van der Waals surface area contributed by atoms with Crippen molar-refractivity contribution in [2.45, 2.75) is 25.0 Å². The van der Waals surface area contributed by atoms with Crippen LogP contribution < -0.4 is 14.9 Å². The van der Waals surface area contributed by atoms with Gasteiger partial charge >= 0.3 is 0 Å². The van der Waals surface area contributed by atoms with E-state index in [0.29, 0.717) is 0 Å². The Morgan fingerprint density at radius 2 is 1.81 bits per heavy atom. The number of sulfonamides is 1. The predicted octanol–water partition coefficient (Wildman–Crippen LogP) is 3.01. The molecular formula is C20H19NO5S. The van der Waals surface area contributed by atoms with Crippen molar-refractivity contribution in [3.8, 4) is 5.75 Å². The van der Waals surface area contributed by atoms with Crippen LogP contribution in [-0.2, 0) is 23.2 Å². The first-order chi connectivity index (χ1) is 12.9. The van der Waals surface area contributed by atoms with E-state index in [9.17, 15) is 13.2 Å². The molecule has 0 bridgehead atoms. The Morgan fingerprint density at radius 1 is 1.04 bits per heavy atom. The maximum Gasteiger partial charge on any atom is 0.240 e. The molecule has 0 aliphatic carbocycles. The van der Waals surface area contributed by atoms with Crippen LogP contribution >= 0.6 is 0 Å². The summed E-state index contributed by atoms with van der Waals surface area (Å²) in [4.78, 5) is 12.3. The Kier molecular flexibility index (Phi) is 5.73. The predicted molar refractivity (Wildman–Crippen MR) is 101 cm³/mol. The molecule has 2 aromatic carbocycles. The lowest BCUT2D eigenvalue weighted by Crippen LogP contribution is -2.24. The van der Waals surface area contributed by atoms with Gasteiger partial charge in [-0.2, -0.15) is 0 Å². The van der Waals surface area contributed by atoms with Gasteiger partial charge in [-0.05, 0) is 30.2 Å². The van der Waals surface area contributed by atoms with Gasteiger partial charge in [0, 0.05) is 6.07 Å². The average Bonchev–Trinajstić information content (AvgIpc) is 2.66. The van der Waals surface area contributed by atoms with Crippen LogP contribution in [0.2, 0.25) is 0 Å². The number of hydrogen-bond donors (Lipinski definition) is 1. The summed E-state index contributed by atoms with van der Waals surface area (Å²) in [5.74, 6) is 0.271. The van der Waals surface area contributed by atoms with E-state index < -0.39 is 10.0 Å². The van der Waals surface area contributed by atoms with E-state index in [-0.39, 0.29) is 35.0 Å². The third kappa shape index (κ3) is 5.06. The number of ether oxygens (including phenoxy) is 1. The number of aryl methyl sites for hydroxylation is 1. The summed E-state index contributed by atoms with van der Waals surface area (Å²) in [5, 5.41) is 0. The standard InChI is InChI=1S/C20H19NO5S/c1-15-6-5-9-18(10-15)27(23,24)21-12-17-11-19(22)20(14-25-17)26-13-16-7-3-2-4-8-16/h2-11,14,21H,12-13H2,1H3. The molecule has 0 fully saturated rings. The molecule has 0 saturated carbocycles. The maximum atomic E-state index is 12.3. The van der Waals surface area contributed by atoms with Gasteiger partial charge in [-0.15, -0.1) is 0 Å². The highest BCUT2D eigenvalue weighted by atomic mass is 32.2. The van der Waals surface area contributed by atoms with Crippen LogP contribution in [0.25, 0.3) is 0 Å². The van der Waals surface area contributed by atoms with Gasteiger partial charge in [0.1, 0.15) is 18.6 Å². The molecular weight excluding hydrogens is 366 g/mol. The second-order valence-electron chi connectivity index (χ2n) is 5.99. The molecule has 0 aliphatic rings. The fourth-order valence-electron chi connectivity index (χ4n) is 2.40. The third-order valence-corrected chi connectivity index (χ3v) is 5.22. The van der Waals surface area contributed by atoms with Crippen molar-refractivity contribution >= 4 is 10.0 Å². The first-order valence-electron chi connectivity index (χ1n) is 8.29. The molecule has 3 rings (SSSR count). The lowest BCUT2D eigenvalue weighted by Gasteiger charge is -2.08. The second-order valence-corrected chi connectivity index (χ2v) is 7.76. The lowest BCUT2D eigenvalue weighted by molar-refractivity contribution is 0.289. The zero-order valence-electron chi connectivity index (χ0n) is 14.7. The summed E-state index contributed by atoms with van der Waals surface area (Å²) in [6.45, 7) is 1.92. The molecule has 0 unspecified atom stereocenters. The molecule has 140 valence electrons. The lowest BCUT2D eigenvalue weighted by atomic mass is 10.2. The third-order valence-electron chi connectivity index (χ3n) is 3.83. The van der Waals surface area contributed by atoms with Crippen molar-refractivity contribution in [3.63, 3.8) is 0 Å². The molecule has 7 heteroatoms. The molecule has 0 aliphatic heterocycles. The fourth-order valence-corrected chi connectivity index (χ4v) is 3.50. The molecule has 1 N–H and O–H groups in total. The summed E-state index contributed by atoms with van der Waals surface area (Å²) in [7, 11) is -3.69. The van der Waals surface area contributed by atoms with Crippen molar-refractivity contribution in [1.82, 2.24) is 4.72 Å². The first kappa shape index (κ1) is 18.9. The molecule has 1 aromatic heterocycles. The first-order valence-corrected chi connectivity index (χ1v) is 9.77. The zero-order valence-corrected chi connectivity index (χ0v) is 15.5. The van der Waals surface area contributed by atoms with E-state index in [1.165, 1.54) is 18.4 Å². The molecule has 0 atom stereocenters. The molecule has 0 saturated heterocycles. The summed E-state index contributed by atoms with van der Waals surface area (Å²) < 4.78 is 37.8. The van der Waals surface area contributed by atoms with E-state index in [4.69, 9.17) is 9.15 Å². The summed E-state index contributed by atoms with van der Waals surface area (Å²) in [6, 6.07) is 17.2. The summed E-state index contributed by atoms with van der Waals surface area (Å²) >= 11 is 0. The topological polar surface area (TPSA) is 85.6 Å². The highest BCUT2D eigenvalue weighted by Crippen LogP contribution is 2.13. The van der Waals surface area contributed by atoms with Crippen LogP contribution in [0.15, 0.2) is 81.0 Å². The quantitative estimate of drug-likeness (QED) is 0.676. The number of benzene rings is 2. The van der Waals surface area contributed by atoms with Gasteiger partial charge in [0.2, 0.25) is 21.2 Å². The Labute approximate surface area is 157 Å². The minimum absolute atomic E-state index is 0.0733. The van der Waals surface area contributed by atoms with E-state index >= 15 is 0 Å². The van der Waals surface area contributed by atoms with Crippen molar-refractivity contribution in [3.05, 3.63) is 94.0 Å². The van der Waals surface area contributed by atoms with Gasteiger partial charge < -0.3 is 9.15 Å². The summed E-state index contributed by atoms with van der Waals surface area (Å²) in [5.41, 5.74) is 1.39. The Hall–Kier alpha value is -2.90. The zero-order chi connectivity index (χ0) is 19.3. The van der Waals surface area contributed by atoms with Crippen molar-refractivity contribution in [2.24, 2.45) is 0 Å². The SMILES string of the molecule is Cc1cccc(S(=O)(=O)NCc2cc(=O)c(OCc3ccccc3)co2)c1. The maximum absolute atomic E-state index is 12.3. The van der Waals surface area contributed by atoms with E-state index in [0.717, 1.165) is 11.1 Å². The van der Waals surface area contributed by atoms with Crippen LogP contribution in [0, 0.1) is 6.92 Å². The largest absolute Gasteiger partial charge is 0.482 e. The smallest absolute Gasteiger partial charge is 0.240 e. The molecule has 0 spiro atoms. The van der Waals surface area contributed by atoms with E-state index in [1.54, 1.807) is 12.1 Å². The number of nitrogens with one attached hydrogen (secondary N) is 1. The number of rotatable bonds is 7. The summed E-state index contributed by atoms with van der Waals surface area (Å²) in [6.07, 6.45) is 1.20. The monoisotopic (exact) mass is 385 g/mol. The molecule has 0 amide bonds. The molecule has 3 aromatic rings. The average molecular weight is 385 g/mol. The van der Waals surface area contributed by atoms with Gasteiger partial charge in [0.05, 0.1) is 11.4 Å². The molecule has 1 heterocycles. The van der Waals surface area contributed by atoms with Crippen molar-refractivity contribution in [2.75, 3.05) is 0 Å². The normalized spacial score (nSPS) is 11.3. The van der Waals surface area contributed by atoms with Crippen molar-refractivity contribution in [1.29, 1.82) is 0 Å². The molecule has 0 radical (unpaired) electrons. The van der Waals surface area contributed by atoms with Gasteiger partial charge in [-0.3, -0.25) is 4.79 Å². The van der Waals surface area contributed by atoms with Crippen LogP contribution in [0.4, 0.5) is 0 Å².